The zero-order valence-electron chi connectivity index (χ0n) is 20.5. The zero-order chi connectivity index (χ0) is 25.3. The summed E-state index contributed by atoms with van der Waals surface area (Å²) in [5, 5.41) is 0. The van der Waals surface area contributed by atoms with E-state index in [1.807, 2.05) is 6.92 Å². The molecule has 1 fully saturated rings. The number of hydrogen-bond acceptors (Lipinski definition) is 1. The van der Waals surface area contributed by atoms with E-state index in [1.54, 1.807) is 24.3 Å². The predicted octanol–water partition coefficient (Wildman–Crippen LogP) is 9.39. The third-order valence-corrected chi connectivity index (χ3v) is 7.00. The molecule has 5 heteroatoms. The molecule has 0 heterocycles. The molecule has 1 unspecified atom stereocenters. The second-order valence-electron chi connectivity index (χ2n) is 9.50. The molecule has 1 atom stereocenters. The summed E-state index contributed by atoms with van der Waals surface area (Å²) in [7, 11) is 0. The molecule has 1 nitrogen and oxygen atoms in total. The van der Waals surface area contributed by atoms with Gasteiger partial charge in [0, 0.05) is 5.56 Å². The van der Waals surface area contributed by atoms with Crippen LogP contribution in [0.4, 0.5) is 17.6 Å². The van der Waals surface area contributed by atoms with Gasteiger partial charge in [0.25, 0.3) is 0 Å². The van der Waals surface area contributed by atoms with E-state index >= 15 is 0 Å². The average Bonchev–Trinajstić information content (AvgIpc) is 2.87. The normalized spacial score (nSPS) is 19.7. The highest BCUT2D eigenvalue weighted by atomic mass is 19.3. The highest BCUT2D eigenvalue weighted by Gasteiger charge is 2.43. The lowest BCUT2D eigenvalue weighted by Gasteiger charge is -2.29. The van der Waals surface area contributed by atoms with Crippen molar-refractivity contribution in [3.8, 4) is 0 Å². The van der Waals surface area contributed by atoms with Crippen molar-refractivity contribution in [2.45, 2.75) is 83.1 Å². The van der Waals surface area contributed by atoms with Crippen LogP contribution < -0.4 is 0 Å². The van der Waals surface area contributed by atoms with E-state index < -0.39 is 24.7 Å². The Balaban J connectivity index is 1.54. The number of aryl methyl sites for hydroxylation is 1. The second-order valence-corrected chi connectivity index (χ2v) is 9.50. The molecule has 190 valence electrons. The summed E-state index contributed by atoms with van der Waals surface area (Å²) in [5.74, 6) is 0.401. The van der Waals surface area contributed by atoms with Crippen molar-refractivity contribution in [1.82, 2.24) is 0 Å². The van der Waals surface area contributed by atoms with Crippen molar-refractivity contribution in [2.24, 2.45) is 5.92 Å². The third kappa shape index (κ3) is 7.79. The number of ether oxygens (including phenoxy) is 1. The summed E-state index contributed by atoms with van der Waals surface area (Å²) in [6.45, 7) is 4.97. The van der Waals surface area contributed by atoms with Crippen LogP contribution in [0.25, 0.3) is 0 Å². The lowest BCUT2D eigenvalue weighted by atomic mass is 9.77. The van der Waals surface area contributed by atoms with E-state index in [0.29, 0.717) is 12.3 Å². The number of benzene rings is 2. The van der Waals surface area contributed by atoms with Crippen molar-refractivity contribution in [1.29, 1.82) is 0 Å². The van der Waals surface area contributed by atoms with E-state index in [9.17, 15) is 17.6 Å². The van der Waals surface area contributed by atoms with Crippen LogP contribution in [0, 0.1) is 11.7 Å². The first-order valence-electron chi connectivity index (χ1n) is 12.6. The Bertz CT molecular complexity index is 959. The summed E-state index contributed by atoms with van der Waals surface area (Å²) < 4.78 is 62.6. The maximum absolute atomic E-state index is 14.7. The molecule has 0 saturated heterocycles. The Kier molecular flexibility index (Phi) is 10.1. The van der Waals surface area contributed by atoms with E-state index in [0.717, 1.165) is 49.7 Å². The van der Waals surface area contributed by atoms with E-state index in [4.69, 9.17) is 0 Å². The van der Waals surface area contributed by atoms with Gasteiger partial charge in [-0.1, -0.05) is 54.6 Å². The molecule has 2 aromatic carbocycles. The Morgan fingerprint density at radius 3 is 2.40 bits per heavy atom. The summed E-state index contributed by atoms with van der Waals surface area (Å²) in [4.78, 5) is 0. The predicted molar refractivity (Wildman–Crippen MR) is 134 cm³/mol. The maximum atomic E-state index is 14.7. The van der Waals surface area contributed by atoms with Crippen LogP contribution in [0.15, 0.2) is 67.3 Å². The minimum Gasteiger partial charge on any atom is -0.313 e. The Morgan fingerprint density at radius 1 is 1.06 bits per heavy atom. The van der Waals surface area contributed by atoms with E-state index in [1.165, 1.54) is 30.7 Å². The van der Waals surface area contributed by atoms with Gasteiger partial charge in [-0.3, -0.25) is 0 Å². The van der Waals surface area contributed by atoms with Gasteiger partial charge < -0.3 is 4.74 Å². The molecule has 1 saturated carbocycles. The Morgan fingerprint density at radius 2 is 1.77 bits per heavy atom. The standard InChI is InChI=1S/C30H36F4O/c1-3-5-7-9-23-10-14-24(15-11-23)26-18-19-27(28(31)20-26)21-35-30(33,34)29(32)25-16-12-22(13-17-25)8-6-4-2/h3-5,12-13,16-20,23-24,29H,2,6-11,14-15,21H2,1H3/b5-3+. The van der Waals surface area contributed by atoms with Crippen molar-refractivity contribution in [3.05, 3.63) is 95.3 Å². The van der Waals surface area contributed by atoms with Crippen LogP contribution in [0.1, 0.15) is 86.2 Å². The van der Waals surface area contributed by atoms with Gasteiger partial charge in [-0.2, -0.15) is 8.78 Å². The molecule has 0 amide bonds. The van der Waals surface area contributed by atoms with Crippen LogP contribution in [0.3, 0.4) is 0 Å². The topological polar surface area (TPSA) is 9.23 Å². The first-order chi connectivity index (χ1) is 16.8. The molecule has 2 aromatic rings. The fraction of sp³-hybridized carbons (Fsp3) is 0.467. The van der Waals surface area contributed by atoms with Gasteiger partial charge in [0.15, 0.2) is 0 Å². The van der Waals surface area contributed by atoms with Crippen molar-refractivity contribution >= 4 is 0 Å². The molecule has 3 rings (SSSR count). The molecule has 0 N–H and O–H groups in total. The van der Waals surface area contributed by atoms with Gasteiger partial charge in [0.2, 0.25) is 6.17 Å². The largest absolute Gasteiger partial charge is 0.391 e. The van der Waals surface area contributed by atoms with Gasteiger partial charge in [-0.25, -0.2) is 8.78 Å². The summed E-state index contributed by atoms with van der Waals surface area (Å²) in [6, 6.07) is 10.6. The molecular weight excluding hydrogens is 452 g/mol. The van der Waals surface area contributed by atoms with Gasteiger partial charge in [0.05, 0.1) is 6.61 Å². The average molecular weight is 489 g/mol. The fourth-order valence-electron chi connectivity index (χ4n) is 4.78. The van der Waals surface area contributed by atoms with Crippen LogP contribution in [0.5, 0.6) is 0 Å². The van der Waals surface area contributed by atoms with E-state index in [2.05, 4.69) is 23.5 Å². The van der Waals surface area contributed by atoms with E-state index in [-0.39, 0.29) is 17.0 Å². The zero-order valence-corrected chi connectivity index (χ0v) is 20.5. The molecule has 35 heavy (non-hydrogen) atoms. The van der Waals surface area contributed by atoms with Crippen LogP contribution in [-0.4, -0.2) is 6.11 Å². The van der Waals surface area contributed by atoms with Gasteiger partial charge in [-0.05, 0) is 92.9 Å². The SMILES string of the molecule is C=CCCc1ccc(C(F)C(F)(F)OCc2ccc(C3CCC(CC/C=C/C)CC3)cc2F)cc1. The maximum Gasteiger partial charge on any atom is 0.391 e. The highest BCUT2D eigenvalue weighted by molar-refractivity contribution is 5.28. The van der Waals surface area contributed by atoms with Gasteiger partial charge in [-0.15, -0.1) is 6.58 Å². The molecule has 0 aromatic heterocycles. The fourth-order valence-corrected chi connectivity index (χ4v) is 4.78. The number of rotatable bonds is 12. The van der Waals surface area contributed by atoms with Crippen LogP contribution >= 0.6 is 0 Å². The molecule has 0 bridgehead atoms. The summed E-state index contributed by atoms with van der Waals surface area (Å²) >= 11 is 0. The number of alkyl halides is 3. The van der Waals surface area contributed by atoms with Crippen molar-refractivity contribution in [3.63, 3.8) is 0 Å². The third-order valence-electron chi connectivity index (χ3n) is 7.00. The Hall–Kier alpha value is -2.40. The first kappa shape index (κ1) is 27.2. The summed E-state index contributed by atoms with van der Waals surface area (Å²) in [6.07, 6.45) is 7.31. The van der Waals surface area contributed by atoms with Crippen LogP contribution in [0.2, 0.25) is 0 Å². The number of halogens is 4. The first-order valence-corrected chi connectivity index (χ1v) is 12.6. The van der Waals surface area contributed by atoms with Crippen molar-refractivity contribution in [2.75, 3.05) is 0 Å². The lowest BCUT2D eigenvalue weighted by Crippen LogP contribution is -2.27. The molecule has 1 aliphatic rings. The second kappa shape index (κ2) is 13.1. The lowest BCUT2D eigenvalue weighted by molar-refractivity contribution is -0.282. The van der Waals surface area contributed by atoms with Crippen LogP contribution in [-0.2, 0) is 17.8 Å². The molecule has 0 radical (unpaired) electrons. The molecule has 0 aliphatic heterocycles. The van der Waals surface area contributed by atoms with Gasteiger partial charge >= 0.3 is 6.11 Å². The quantitative estimate of drug-likeness (QED) is 0.214. The molecular formula is C30H36F4O. The highest BCUT2D eigenvalue weighted by Crippen LogP contribution is 2.39. The minimum atomic E-state index is -4.07. The summed E-state index contributed by atoms with van der Waals surface area (Å²) in [5.41, 5.74) is 1.63. The van der Waals surface area contributed by atoms with Gasteiger partial charge in [0.1, 0.15) is 5.82 Å². The number of hydrogen-bond donors (Lipinski definition) is 0. The molecule has 1 aliphatic carbocycles. The minimum absolute atomic E-state index is 0.000404. The Labute approximate surface area is 206 Å². The monoisotopic (exact) mass is 488 g/mol. The molecule has 0 spiro atoms. The van der Waals surface area contributed by atoms with Crippen molar-refractivity contribution < 1.29 is 22.3 Å². The smallest absolute Gasteiger partial charge is 0.313 e. The number of allylic oxidation sites excluding steroid dienone is 3.